The number of aryl methyl sites for hydroxylation is 1. The Kier molecular flexibility index (Phi) is 4.54. The van der Waals surface area contributed by atoms with E-state index in [1.165, 1.54) is 22.4 Å². The number of anilines is 1. The predicted molar refractivity (Wildman–Crippen MR) is 97.3 cm³/mol. The maximum absolute atomic E-state index is 12.8. The molecule has 0 radical (unpaired) electrons. The molecule has 1 aromatic heterocycles. The van der Waals surface area contributed by atoms with Gasteiger partial charge in [-0.2, -0.15) is 4.31 Å². The maximum Gasteiger partial charge on any atom is 0.262 e. The summed E-state index contributed by atoms with van der Waals surface area (Å²) in [5, 5.41) is 0.0197. The van der Waals surface area contributed by atoms with Crippen LogP contribution < -0.4 is 4.90 Å². The summed E-state index contributed by atoms with van der Waals surface area (Å²) in [6.45, 7) is 1.84. The van der Waals surface area contributed by atoms with Crippen LogP contribution in [0.15, 0.2) is 41.8 Å². The van der Waals surface area contributed by atoms with E-state index in [2.05, 4.69) is 4.98 Å². The van der Waals surface area contributed by atoms with Crippen molar-refractivity contribution in [2.45, 2.75) is 37.3 Å². The number of hydrogen-bond acceptors (Lipinski definition) is 4. The quantitative estimate of drug-likeness (QED) is 0.815. The minimum atomic E-state index is -3.55. The fraction of sp³-hybridized carbons (Fsp3) is 0.444. The van der Waals surface area contributed by atoms with Crippen molar-refractivity contribution in [1.82, 2.24) is 13.9 Å². The highest BCUT2D eigenvalue weighted by atomic mass is 32.2. The van der Waals surface area contributed by atoms with Crippen LogP contribution in [0.1, 0.15) is 24.8 Å². The van der Waals surface area contributed by atoms with Crippen molar-refractivity contribution in [1.29, 1.82) is 0 Å². The average molecular weight is 374 g/mol. The van der Waals surface area contributed by atoms with Gasteiger partial charge >= 0.3 is 0 Å². The van der Waals surface area contributed by atoms with Crippen LogP contribution >= 0.6 is 0 Å². The minimum Gasteiger partial charge on any atom is -0.327 e. The number of fused-ring (bicyclic) bond motifs is 1. The fourth-order valence-corrected chi connectivity index (χ4v) is 5.11. The molecule has 0 bridgehead atoms. The van der Waals surface area contributed by atoms with E-state index in [0.29, 0.717) is 19.6 Å². The van der Waals surface area contributed by atoms with Gasteiger partial charge in [0.25, 0.3) is 10.0 Å². The highest BCUT2D eigenvalue weighted by Gasteiger charge is 2.29. The van der Waals surface area contributed by atoms with E-state index in [4.69, 9.17) is 0 Å². The standard InChI is InChI=1S/C18H22N4O3S/c23-18(22-11-5-7-15-6-1-2-8-16(15)22)13-20-12-17(19-14-20)26(24,25)21-9-3-4-10-21/h1-2,6,8,12,14H,3-5,7,9-11,13H2. The van der Waals surface area contributed by atoms with Crippen LogP contribution in [0.3, 0.4) is 0 Å². The molecule has 0 aliphatic carbocycles. The lowest BCUT2D eigenvalue weighted by Gasteiger charge is -2.29. The van der Waals surface area contributed by atoms with E-state index < -0.39 is 10.0 Å². The molecular formula is C18H22N4O3S. The van der Waals surface area contributed by atoms with E-state index in [9.17, 15) is 13.2 Å². The van der Waals surface area contributed by atoms with E-state index in [1.54, 1.807) is 9.47 Å². The topological polar surface area (TPSA) is 75.5 Å². The van der Waals surface area contributed by atoms with Crippen molar-refractivity contribution in [3.05, 3.63) is 42.4 Å². The maximum atomic E-state index is 12.8. The number of sulfonamides is 1. The zero-order valence-corrected chi connectivity index (χ0v) is 15.4. The molecule has 1 fully saturated rings. The first-order valence-corrected chi connectivity index (χ1v) is 10.4. The van der Waals surface area contributed by atoms with E-state index in [0.717, 1.165) is 31.4 Å². The Bertz CT molecular complexity index is 916. The molecule has 0 unspecified atom stereocenters. The first-order valence-electron chi connectivity index (χ1n) is 8.96. The second kappa shape index (κ2) is 6.85. The van der Waals surface area contributed by atoms with Gasteiger partial charge in [0.1, 0.15) is 6.54 Å². The van der Waals surface area contributed by atoms with Gasteiger partial charge in [-0.1, -0.05) is 18.2 Å². The van der Waals surface area contributed by atoms with Crippen molar-refractivity contribution in [2.24, 2.45) is 0 Å². The third kappa shape index (κ3) is 3.14. The Morgan fingerprint density at radius 1 is 1.08 bits per heavy atom. The number of imidazole rings is 1. The Hall–Kier alpha value is -2.19. The van der Waals surface area contributed by atoms with Gasteiger partial charge in [-0.05, 0) is 37.3 Å². The number of nitrogens with zero attached hydrogens (tertiary/aromatic N) is 4. The van der Waals surface area contributed by atoms with Crippen LogP contribution in [-0.2, 0) is 27.8 Å². The first kappa shape index (κ1) is 17.2. The predicted octanol–water partition coefficient (Wildman–Crippen LogP) is 1.65. The van der Waals surface area contributed by atoms with Crippen LogP contribution in [0, 0.1) is 0 Å². The number of carbonyl (C=O) groups excluding carboxylic acids is 1. The number of aromatic nitrogens is 2. The molecule has 1 saturated heterocycles. The highest BCUT2D eigenvalue weighted by molar-refractivity contribution is 7.89. The molecule has 4 rings (SSSR count). The Balaban J connectivity index is 1.50. The molecule has 138 valence electrons. The lowest BCUT2D eigenvalue weighted by Crippen LogP contribution is -2.37. The van der Waals surface area contributed by atoms with Gasteiger partial charge in [0.2, 0.25) is 5.91 Å². The summed E-state index contributed by atoms with van der Waals surface area (Å²) in [5.74, 6) is -0.0559. The molecule has 0 spiro atoms. The number of carbonyl (C=O) groups is 1. The van der Waals surface area contributed by atoms with E-state index >= 15 is 0 Å². The molecule has 3 heterocycles. The van der Waals surface area contributed by atoms with Crippen molar-refractivity contribution in [2.75, 3.05) is 24.5 Å². The molecule has 1 aromatic carbocycles. The van der Waals surface area contributed by atoms with Crippen molar-refractivity contribution in [3.8, 4) is 0 Å². The molecule has 8 heteroatoms. The monoisotopic (exact) mass is 374 g/mol. The summed E-state index contributed by atoms with van der Waals surface area (Å²) in [4.78, 5) is 18.6. The van der Waals surface area contributed by atoms with Gasteiger partial charge in [0.15, 0.2) is 5.03 Å². The molecule has 26 heavy (non-hydrogen) atoms. The lowest BCUT2D eigenvalue weighted by atomic mass is 10.0. The third-order valence-corrected chi connectivity index (χ3v) is 6.79. The second-order valence-corrected chi connectivity index (χ2v) is 8.66. The summed E-state index contributed by atoms with van der Waals surface area (Å²) in [7, 11) is -3.55. The van der Waals surface area contributed by atoms with Gasteiger partial charge in [-0.25, -0.2) is 13.4 Å². The Labute approximate surface area is 153 Å². The first-order chi connectivity index (χ1) is 12.6. The molecular weight excluding hydrogens is 352 g/mol. The van der Waals surface area contributed by atoms with E-state index in [-0.39, 0.29) is 17.5 Å². The van der Waals surface area contributed by atoms with Crippen LogP contribution in [0.5, 0.6) is 0 Å². The zero-order chi connectivity index (χ0) is 18.1. The Morgan fingerprint density at radius 3 is 2.65 bits per heavy atom. The molecule has 1 amide bonds. The number of rotatable bonds is 4. The molecule has 0 atom stereocenters. The lowest BCUT2D eigenvalue weighted by molar-refractivity contribution is -0.119. The van der Waals surface area contributed by atoms with Gasteiger partial charge in [0, 0.05) is 31.5 Å². The molecule has 0 saturated carbocycles. The molecule has 2 aliphatic heterocycles. The number of benzene rings is 1. The van der Waals surface area contributed by atoms with Gasteiger partial charge < -0.3 is 9.47 Å². The SMILES string of the molecule is O=C(Cn1cnc(S(=O)(=O)N2CCCC2)c1)N1CCCc2ccccc21. The molecule has 7 nitrogen and oxygen atoms in total. The Morgan fingerprint density at radius 2 is 1.85 bits per heavy atom. The summed E-state index contributed by atoms with van der Waals surface area (Å²) in [6.07, 6.45) is 6.56. The van der Waals surface area contributed by atoms with Gasteiger partial charge in [-0.3, -0.25) is 4.79 Å². The van der Waals surface area contributed by atoms with Gasteiger partial charge in [-0.15, -0.1) is 0 Å². The summed E-state index contributed by atoms with van der Waals surface area (Å²) >= 11 is 0. The minimum absolute atomic E-state index is 0.0197. The van der Waals surface area contributed by atoms with Crippen LogP contribution in [0.2, 0.25) is 0 Å². The van der Waals surface area contributed by atoms with Gasteiger partial charge in [0.05, 0.1) is 6.33 Å². The van der Waals surface area contributed by atoms with Crippen LogP contribution in [-0.4, -0.2) is 47.8 Å². The number of para-hydroxylation sites is 1. The normalized spacial score (nSPS) is 18.1. The summed E-state index contributed by atoms with van der Waals surface area (Å²) < 4.78 is 28.1. The highest BCUT2D eigenvalue weighted by Crippen LogP contribution is 2.27. The molecule has 2 aromatic rings. The average Bonchev–Trinajstić information content (AvgIpc) is 3.33. The third-order valence-electron chi connectivity index (χ3n) is 5.01. The zero-order valence-electron chi connectivity index (χ0n) is 14.5. The van der Waals surface area contributed by atoms with Crippen molar-refractivity contribution in [3.63, 3.8) is 0 Å². The molecule has 2 aliphatic rings. The smallest absolute Gasteiger partial charge is 0.262 e. The van der Waals surface area contributed by atoms with Crippen LogP contribution in [0.25, 0.3) is 0 Å². The largest absolute Gasteiger partial charge is 0.327 e. The van der Waals surface area contributed by atoms with Crippen molar-refractivity contribution < 1.29 is 13.2 Å². The van der Waals surface area contributed by atoms with Crippen LogP contribution in [0.4, 0.5) is 5.69 Å². The number of hydrogen-bond donors (Lipinski definition) is 0. The van der Waals surface area contributed by atoms with E-state index in [1.807, 2.05) is 24.3 Å². The van der Waals surface area contributed by atoms with Crippen molar-refractivity contribution >= 4 is 21.6 Å². The number of amides is 1. The second-order valence-electron chi connectivity index (χ2n) is 6.77. The molecule has 0 N–H and O–H groups in total. The fourth-order valence-electron chi connectivity index (χ4n) is 3.65. The summed E-state index contributed by atoms with van der Waals surface area (Å²) in [5.41, 5.74) is 2.13. The summed E-state index contributed by atoms with van der Waals surface area (Å²) in [6, 6.07) is 7.93.